The Morgan fingerprint density at radius 1 is 1.17 bits per heavy atom. The maximum atomic E-state index is 13.0. The maximum Gasteiger partial charge on any atom is 0.433 e. The maximum absolute atomic E-state index is 13.0. The van der Waals surface area contributed by atoms with Gasteiger partial charge in [0.1, 0.15) is 5.82 Å². The van der Waals surface area contributed by atoms with Crippen molar-refractivity contribution in [2.45, 2.75) is 19.5 Å². The van der Waals surface area contributed by atoms with Gasteiger partial charge in [0.2, 0.25) is 0 Å². The van der Waals surface area contributed by atoms with E-state index in [1.165, 1.54) is 18.3 Å². The molecule has 0 aliphatic rings. The number of alkyl halides is 3. The molecule has 0 saturated carbocycles. The summed E-state index contributed by atoms with van der Waals surface area (Å²) in [4.78, 5) is 0. The minimum atomic E-state index is -4.49. The summed E-state index contributed by atoms with van der Waals surface area (Å²) in [7, 11) is 0. The second-order valence-electron chi connectivity index (χ2n) is 3.76. The van der Waals surface area contributed by atoms with Crippen molar-refractivity contribution in [1.82, 2.24) is 9.78 Å². The van der Waals surface area contributed by atoms with E-state index >= 15 is 0 Å². The molecule has 0 aliphatic heterocycles. The first-order chi connectivity index (χ1) is 8.43. The Morgan fingerprint density at radius 2 is 1.78 bits per heavy atom. The zero-order valence-corrected chi connectivity index (χ0v) is 9.50. The van der Waals surface area contributed by atoms with Gasteiger partial charge in [0.05, 0.1) is 11.9 Å². The lowest BCUT2D eigenvalue weighted by Gasteiger charge is -2.12. The molecular weight excluding hydrogens is 248 g/mol. The van der Waals surface area contributed by atoms with Crippen LogP contribution in [0.1, 0.15) is 18.2 Å². The Bertz CT molecular complexity index is 540. The Kier molecular flexibility index (Phi) is 3.11. The summed E-state index contributed by atoms with van der Waals surface area (Å²) in [5.41, 5.74) is -0.508. The molecule has 6 heteroatoms. The Hall–Kier alpha value is -1.85. The average molecular weight is 258 g/mol. The van der Waals surface area contributed by atoms with E-state index in [2.05, 4.69) is 5.10 Å². The summed E-state index contributed by atoms with van der Waals surface area (Å²) in [5, 5.41) is 3.73. The Labute approximate surface area is 101 Å². The Balaban J connectivity index is 2.58. The van der Waals surface area contributed by atoms with Crippen LogP contribution in [-0.2, 0) is 12.6 Å². The van der Waals surface area contributed by atoms with E-state index < -0.39 is 17.7 Å². The molecule has 0 fully saturated rings. The van der Waals surface area contributed by atoms with Crippen LogP contribution in [0, 0.1) is 5.82 Å². The molecule has 1 heterocycles. The number of benzene rings is 1. The summed E-state index contributed by atoms with van der Waals surface area (Å²) in [6.45, 7) is 1.63. The van der Waals surface area contributed by atoms with Gasteiger partial charge in [0.15, 0.2) is 5.69 Å². The molecule has 2 nitrogen and oxygen atoms in total. The van der Waals surface area contributed by atoms with Crippen molar-refractivity contribution < 1.29 is 17.6 Å². The van der Waals surface area contributed by atoms with Crippen molar-refractivity contribution >= 4 is 0 Å². The van der Waals surface area contributed by atoms with Gasteiger partial charge in [-0.25, -0.2) is 9.07 Å². The fraction of sp³-hybridized carbons (Fsp3) is 0.250. The highest BCUT2D eigenvalue weighted by molar-refractivity contribution is 5.36. The van der Waals surface area contributed by atoms with Crippen LogP contribution in [-0.4, -0.2) is 9.78 Å². The minimum Gasteiger partial charge on any atom is -0.228 e. The highest BCUT2D eigenvalue weighted by Crippen LogP contribution is 2.33. The molecule has 0 aliphatic carbocycles. The molecule has 0 saturated heterocycles. The first-order valence-electron chi connectivity index (χ1n) is 5.33. The van der Waals surface area contributed by atoms with E-state index in [1.54, 1.807) is 6.92 Å². The molecule has 18 heavy (non-hydrogen) atoms. The number of aryl methyl sites for hydroxylation is 1. The number of hydrogen-bond donors (Lipinski definition) is 0. The zero-order valence-electron chi connectivity index (χ0n) is 9.50. The van der Waals surface area contributed by atoms with Crippen LogP contribution in [0.15, 0.2) is 30.5 Å². The lowest BCUT2D eigenvalue weighted by atomic mass is 10.2. The molecule has 0 spiro atoms. The van der Waals surface area contributed by atoms with Crippen LogP contribution in [0.5, 0.6) is 0 Å². The minimum absolute atomic E-state index is 0.117. The number of hydrogen-bond acceptors (Lipinski definition) is 1. The molecule has 1 aromatic heterocycles. The third-order valence-corrected chi connectivity index (χ3v) is 2.57. The molecule has 0 atom stereocenters. The van der Waals surface area contributed by atoms with Crippen LogP contribution in [0.3, 0.4) is 0 Å². The van der Waals surface area contributed by atoms with Gasteiger partial charge in [-0.3, -0.25) is 0 Å². The van der Waals surface area contributed by atoms with Gasteiger partial charge in [-0.15, -0.1) is 0 Å². The predicted molar refractivity (Wildman–Crippen MR) is 57.9 cm³/mol. The highest BCUT2D eigenvalue weighted by Gasteiger charge is 2.38. The van der Waals surface area contributed by atoms with Gasteiger partial charge in [0.25, 0.3) is 0 Å². The van der Waals surface area contributed by atoms with Crippen LogP contribution in [0.2, 0.25) is 0 Å². The Morgan fingerprint density at radius 3 is 2.28 bits per heavy atom. The molecular formula is C12H10F4N2. The fourth-order valence-corrected chi connectivity index (χ4v) is 1.72. The van der Waals surface area contributed by atoms with E-state index in [-0.39, 0.29) is 17.7 Å². The summed E-state index contributed by atoms with van der Waals surface area (Å²) in [5.74, 6) is -0.504. The highest BCUT2D eigenvalue weighted by atomic mass is 19.4. The SMILES string of the molecule is CCc1cnn(-c2ccc(F)cc2)c1C(F)(F)F. The molecule has 1 aromatic carbocycles. The van der Waals surface area contributed by atoms with E-state index in [1.807, 2.05) is 0 Å². The molecule has 96 valence electrons. The number of rotatable bonds is 2. The monoisotopic (exact) mass is 258 g/mol. The summed E-state index contributed by atoms with van der Waals surface area (Å²) >= 11 is 0. The van der Waals surface area contributed by atoms with Gasteiger partial charge in [-0.1, -0.05) is 6.92 Å². The molecule has 0 radical (unpaired) electrons. The zero-order chi connectivity index (χ0) is 13.3. The molecule has 0 unspecified atom stereocenters. The van der Waals surface area contributed by atoms with Crippen molar-refractivity contribution in [2.75, 3.05) is 0 Å². The predicted octanol–water partition coefficient (Wildman–Crippen LogP) is 3.59. The van der Waals surface area contributed by atoms with E-state index in [0.717, 1.165) is 16.8 Å². The van der Waals surface area contributed by atoms with Crippen molar-refractivity contribution in [1.29, 1.82) is 0 Å². The first-order valence-corrected chi connectivity index (χ1v) is 5.33. The standard InChI is InChI=1S/C12H10F4N2/c1-2-8-7-17-18(11(8)12(14,15)16)10-5-3-9(13)4-6-10/h3-7H,2H2,1H3. The second-order valence-corrected chi connectivity index (χ2v) is 3.76. The van der Waals surface area contributed by atoms with E-state index in [4.69, 9.17) is 0 Å². The third kappa shape index (κ3) is 2.23. The summed E-state index contributed by atoms with van der Waals surface area (Å²) in [6, 6.07) is 4.72. The van der Waals surface area contributed by atoms with Gasteiger partial charge in [-0.2, -0.15) is 18.3 Å². The number of aromatic nitrogens is 2. The fourth-order valence-electron chi connectivity index (χ4n) is 1.72. The smallest absolute Gasteiger partial charge is 0.228 e. The second kappa shape index (κ2) is 4.44. The van der Waals surface area contributed by atoms with Crippen molar-refractivity contribution in [3.63, 3.8) is 0 Å². The average Bonchev–Trinajstić information content (AvgIpc) is 2.73. The quantitative estimate of drug-likeness (QED) is 0.753. The van der Waals surface area contributed by atoms with Gasteiger partial charge in [-0.05, 0) is 30.7 Å². The van der Waals surface area contributed by atoms with Crippen molar-refractivity contribution in [3.8, 4) is 5.69 Å². The van der Waals surface area contributed by atoms with Crippen LogP contribution >= 0.6 is 0 Å². The van der Waals surface area contributed by atoms with Crippen molar-refractivity contribution in [2.24, 2.45) is 0 Å². The van der Waals surface area contributed by atoms with Crippen LogP contribution in [0.25, 0.3) is 5.69 Å². The van der Waals surface area contributed by atoms with Gasteiger partial charge < -0.3 is 0 Å². The molecule has 2 rings (SSSR count). The summed E-state index contributed by atoms with van der Waals surface area (Å²) < 4.78 is 52.4. The summed E-state index contributed by atoms with van der Waals surface area (Å²) in [6.07, 6.45) is -3.07. The topological polar surface area (TPSA) is 17.8 Å². The molecule has 0 bridgehead atoms. The van der Waals surface area contributed by atoms with Crippen LogP contribution < -0.4 is 0 Å². The lowest BCUT2D eigenvalue weighted by Crippen LogP contribution is -2.15. The van der Waals surface area contributed by atoms with Crippen molar-refractivity contribution in [3.05, 3.63) is 47.5 Å². The first kappa shape index (κ1) is 12.6. The lowest BCUT2D eigenvalue weighted by molar-refractivity contribution is -0.143. The molecule has 0 amide bonds. The largest absolute Gasteiger partial charge is 0.433 e. The molecule has 0 N–H and O–H groups in total. The third-order valence-electron chi connectivity index (χ3n) is 2.57. The number of halogens is 4. The number of nitrogens with zero attached hydrogens (tertiary/aromatic N) is 2. The van der Waals surface area contributed by atoms with E-state index in [9.17, 15) is 17.6 Å². The van der Waals surface area contributed by atoms with Gasteiger partial charge >= 0.3 is 6.18 Å². The normalized spacial score (nSPS) is 11.8. The van der Waals surface area contributed by atoms with E-state index in [0.29, 0.717) is 0 Å². The van der Waals surface area contributed by atoms with Crippen LogP contribution in [0.4, 0.5) is 17.6 Å². The molecule has 2 aromatic rings. The van der Waals surface area contributed by atoms with Gasteiger partial charge in [0, 0.05) is 5.56 Å².